The van der Waals surface area contributed by atoms with Crippen molar-refractivity contribution in [3.8, 4) is 11.8 Å². The molecule has 0 bridgehead atoms. The van der Waals surface area contributed by atoms with E-state index < -0.39 is 0 Å². The molecular formula is C24H17ClN4O2S. The molecule has 6 nitrogen and oxygen atoms in total. The minimum absolute atomic E-state index is 0.0289. The number of fused-ring (bicyclic) bond motifs is 1. The molecule has 0 saturated carbocycles. The quantitative estimate of drug-likeness (QED) is 0.336. The molecule has 0 fully saturated rings. The van der Waals surface area contributed by atoms with Gasteiger partial charge in [0.15, 0.2) is 5.16 Å². The van der Waals surface area contributed by atoms with Gasteiger partial charge < -0.3 is 5.32 Å². The Morgan fingerprint density at radius 3 is 2.75 bits per heavy atom. The fraction of sp³-hybridized carbons (Fsp3) is 0.0833. The second kappa shape index (κ2) is 9.27. The Hall–Kier alpha value is -3.60. The molecule has 8 heteroatoms. The zero-order valence-corrected chi connectivity index (χ0v) is 18.6. The van der Waals surface area contributed by atoms with Gasteiger partial charge in [-0.2, -0.15) is 5.26 Å². The van der Waals surface area contributed by atoms with Gasteiger partial charge in [0.05, 0.1) is 34.0 Å². The number of hydrogen-bond donors (Lipinski definition) is 1. The molecule has 4 aromatic rings. The van der Waals surface area contributed by atoms with E-state index in [1.54, 1.807) is 42.5 Å². The van der Waals surface area contributed by atoms with E-state index in [1.807, 2.05) is 37.3 Å². The van der Waals surface area contributed by atoms with Gasteiger partial charge in [0.25, 0.3) is 5.56 Å². The van der Waals surface area contributed by atoms with E-state index >= 15 is 0 Å². The van der Waals surface area contributed by atoms with Crippen molar-refractivity contribution in [3.05, 3.63) is 93.2 Å². The van der Waals surface area contributed by atoms with Crippen molar-refractivity contribution >= 4 is 45.9 Å². The second-order valence-electron chi connectivity index (χ2n) is 7.06. The number of carbonyl (C=O) groups is 1. The van der Waals surface area contributed by atoms with Gasteiger partial charge in [-0.15, -0.1) is 0 Å². The monoisotopic (exact) mass is 460 g/mol. The summed E-state index contributed by atoms with van der Waals surface area (Å²) in [5, 5.41) is 13.1. The minimum atomic E-state index is -0.277. The van der Waals surface area contributed by atoms with Crippen LogP contribution in [0.1, 0.15) is 11.1 Å². The number of benzene rings is 3. The summed E-state index contributed by atoms with van der Waals surface area (Å²) in [6, 6.07) is 21.2. The van der Waals surface area contributed by atoms with Gasteiger partial charge in [0.2, 0.25) is 5.91 Å². The number of carbonyl (C=O) groups excluding carboxylic acids is 1. The number of aryl methyl sites for hydroxylation is 1. The van der Waals surface area contributed by atoms with Crippen LogP contribution in [0.25, 0.3) is 16.6 Å². The van der Waals surface area contributed by atoms with E-state index in [4.69, 9.17) is 16.9 Å². The van der Waals surface area contributed by atoms with Crippen molar-refractivity contribution in [1.82, 2.24) is 9.55 Å². The molecule has 32 heavy (non-hydrogen) atoms. The van der Waals surface area contributed by atoms with Gasteiger partial charge in [-0.3, -0.25) is 14.2 Å². The van der Waals surface area contributed by atoms with Crippen LogP contribution < -0.4 is 10.9 Å². The summed E-state index contributed by atoms with van der Waals surface area (Å²) >= 11 is 7.25. The summed E-state index contributed by atoms with van der Waals surface area (Å²) in [5.41, 5.74) is 2.89. The van der Waals surface area contributed by atoms with Gasteiger partial charge >= 0.3 is 0 Å². The number of anilines is 1. The Balaban J connectivity index is 1.69. The molecule has 0 aliphatic rings. The molecule has 1 aromatic heterocycles. The fourth-order valence-corrected chi connectivity index (χ4v) is 4.20. The first-order valence-electron chi connectivity index (χ1n) is 9.67. The third kappa shape index (κ3) is 4.67. The third-order valence-corrected chi connectivity index (χ3v) is 5.84. The molecule has 4 rings (SSSR count). The molecule has 1 amide bonds. The first-order valence-corrected chi connectivity index (χ1v) is 11.0. The van der Waals surface area contributed by atoms with E-state index in [0.29, 0.717) is 38.0 Å². The van der Waals surface area contributed by atoms with Gasteiger partial charge in [0, 0.05) is 10.7 Å². The summed E-state index contributed by atoms with van der Waals surface area (Å²) in [6.07, 6.45) is 0. The van der Waals surface area contributed by atoms with Gasteiger partial charge in [-0.1, -0.05) is 41.6 Å². The Bertz CT molecular complexity index is 1440. The van der Waals surface area contributed by atoms with Crippen LogP contribution in [0, 0.1) is 18.3 Å². The van der Waals surface area contributed by atoms with Gasteiger partial charge in [-0.05, 0) is 61.0 Å². The third-order valence-electron chi connectivity index (χ3n) is 4.67. The maximum absolute atomic E-state index is 13.3. The summed E-state index contributed by atoms with van der Waals surface area (Å²) in [6.45, 7) is 1.94. The molecule has 158 valence electrons. The van der Waals surface area contributed by atoms with Crippen LogP contribution in [-0.4, -0.2) is 21.2 Å². The molecule has 0 radical (unpaired) electrons. The van der Waals surface area contributed by atoms with Crippen LogP contribution in [0.5, 0.6) is 0 Å². The largest absolute Gasteiger partial charge is 0.325 e. The number of rotatable bonds is 5. The summed E-state index contributed by atoms with van der Waals surface area (Å²) < 4.78 is 1.51. The van der Waals surface area contributed by atoms with Crippen LogP contribution >= 0.6 is 23.4 Å². The highest BCUT2D eigenvalue weighted by Crippen LogP contribution is 2.24. The average molecular weight is 461 g/mol. The smallest absolute Gasteiger partial charge is 0.266 e. The number of aromatic nitrogens is 2. The average Bonchev–Trinajstić information content (AvgIpc) is 2.77. The molecular weight excluding hydrogens is 444 g/mol. The highest BCUT2D eigenvalue weighted by molar-refractivity contribution is 7.99. The van der Waals surface area contributed by atoms with E-state index in [1.165, 1.54) is 4.57 Å². The molecule has 0 unspecified atom stereocenters. The van der Waals surface area contributed by atoms with E-state index in [9.17, 15) is 9.59 Å². The maximum Gasteiger partial charge on any atom is 0.266 e. The van der Waals surface area contributed by atoms with Crippen molar-refractivity contribution in [1.29, 1.82) is 5.26 Å². The molecule has 1 N–H and O–H groups in total. The zero-order chi connectivity index (χ0) is 22.7. The zero-order valence-electron chi connectivity index (χ0n) is 17.0. The lowest BCUT2D eigenvalue weighted by molar-refractivity contribution is -0.113. The lowest BCUT2D eigenvalue weighted by Gasteiger charge is -2.14. The standard InChI is InChI=1S/C24H17ClN4O2S/c1-15-4-2-7-19(10-15)29-23(31)20-9-8-17(25)12-21(20)28-24(29)32-14-22(30)27-18-6-3-5-16(11-18)13-26/h2-12H,14H2,1H3,(H,27,30). The Morgan fingerprint density at radius 2 is 1.97 bits per heavy atom. The Morgan fingerprint density at radius 1 is 1.16 bits per heavy atom. The van der Waals surface area contributed by atoms with Crippen molar-refractivity contribution in [2.75, 3.05) is 11.1 Å². The molecule has 0 aliphatic heterocycles. The van der Waals surface area contributed by atoms with E-state index in [-0.39, 0.29) is 17.2 Å². The summed E-state index contributed by atoms with van der Waals surface area (Å²) in [5.74, 6) is -0.248. The number of nitrogens with one attached hydrogen (secondary N) is 1. The Kier molecular flexibility index (Phi) is 6.26. The van der Waals surface area contributed by atoms with Crippen LogP contribution in [0.15, 0.2) is 76.7 Å². The lowest BCUT2D eigenvalue weighted by atomic mass is 10.2. The van der Waals surface area contributed by atoms with E-state index in [0.717, 1.165) is 17.3 Å². The van der Waals surface area contributed by atoms with Crippen LogP contribution in [0.4, 0.5) is 5.69 Å². The lowest BCUT2D eigenvalue weighted by Crippen LogP contribution is -2.23. The SMILES string of the molecule is Cc1cccc(-n2c(SCC(=O)Nc3cccc(C#N)c3)nc3cc(Cl)ccc3c2=O)c1. The molecule has 0 spiro atoms. The van der Waals surface area contributed by atoms with Gasteiger partial charge in [-0.25, -0.2) is 4.98 Å². The Labute approximate surface area is 193 Å². The maximum atomic E-state index is 13.3. The number of nitriles is 1. The predicted octanol–water partition coefficient (Wildman–Crippen LogP) is 4.95. The van der Waals surface area contributed by atoms with Crippen LogP contribution in [0.3, 0.4) is 0 Å². The molecule has 0 aliphatic carbocycles. The second-order valence-corrected chi connectivity index (χ2v) is 8.44. The molecule has 0 saturated heterocycles. The number of thioether (sulfide) groups is 1. The summed E-state index contributed by atoms with van der Waals surface area (Å²) in [7, 11) is 0. The number of nitrogens with zero attached hydrogens (tertiary/aromatic N) is 3. The normalized spacial score (nSPS) is 10.7. The number of halogens is 1. The highest BCUT2D eigenvalue weighted by Gasteiger charge is 2.15. The van der Waals surface area contributed by atoms with Crippen molar-refractivity contribution in [3.63, 3.8) is 0 Å². The molecule has 0 atom stereocenters. The van der Waals surface area contributed by atoms with Gasteiger partial charge in [0.1, 0.15) is 0 Å². The van der Waals surface area contributed by atoms with Crippen LogP contribution in [0.2, 0.25) is 5.02 Å². The van der Waals surface area contributed by atoms with Crippen molar-refractivity contribution < 1.29 is 4.79 Å². The minimum Gasteiger partial charge on any atom is -0.325 e. The van der Waals surface area contributed by atoms with E-state index in [2.05, 4.69) is 10.3 Å². The predicted molar refractivity (Wildman–Crippen MR) is 128 cm³/mol. The number of hydrogen-bond acceptors (Lipinski definition) is 5. The number of amides is 1. The first-order chi connectivity index (χ1) is 15.4. The van der Waals surface area contributed by atoms with Crippen LogP contribution in [-0.2, 0) is 4.79 Å². The first kappa shape index (κ1) is 21.6. The highest BCUT2D eigenvalue weighted by atomic mass is 35.5. The summed E-state index contributed by atoms with van der Waals surface area (Å²) in [4.78, 5) is 30.5. The van der Waals surface area contributed by atoms with Crippen molar-refractivity contribution in [2.45, 2.75) is 12.1 Å². The molecule has 3 aromatic carbocycles. The molecule has 1 heterocycles. The van der Waals surface area contributed by atoms with Crippen molar-refractivity contribution in [2.24, 2.45) is 0 Å². The topological polar surface area (TPSA) is 87.8 Å². The fourth-order valence-electron chi connectivity index (χ4n) is 3.22.